The van der Waals surface area contributed by atoms with Crippen LogP contribution in [0.15, 0.2) is 46.0 Å². The van der Waals surface area contributed by atoms with Crippen LogP contribution in [0.5, 0.6) is 0 Å². The highest BCUT2D eigenvalue weighted by Gasteiger charge is 2.24. The highest BCUT2D eigenvalue weighted by molar-refractivity contribution is 7.89. The van der Waals surface area contributed by atoms with Crippen molar-refractivity contribution >= 4 is 21.4 Å². The van der Waals surface area contributed by atoms with Crippen molar-refractivity contribution in [2.24, 2.45) is 0 Å². The molecule has 1 aliphatic heterocycles. The first-order valence-corrected chi connectivity index (χ1v) is 12.3. The zero-order valence-electron chi connectivity index (χ0n) is 16.2. The van der Waals surface area contributed by atoms with Crippen LogP contribution in [-0.2, 0) is 10.0 Å². The highest BCUT2D eigenvalue weighted by Crippen LogP contribution is 2.26. The van der Waals surface area contributed by atoms with E-state index in [0.717, 1.165) is 18.7 Å². The highest BCUT2D eigenvalue weighted by atomic mass is 32.2. The smallest absolute Gasteiger partial charge is 0.240 e. The molecule has 1 aliphatic rings. The molecule has 4 nitrogen and oxygen atoms in total. The third kappa shape index (κ3) is 5.41. The summed E-state index contributed by atoms with van der Waals surface area (Å²) >= 11 is 1.67. The molecule has 2 heterocycles. The van der Waals surface area contributed by atoms with Crippen LogP contribution in [-0.4, -0.2) is 33.0 Å². The fourth-order valence-electron chi connectivity index (χ4n) is 3.63. The van der Waals surface area contributed by atoms with E-state index in [9.17, 15) is 8.42 Å². The average molecular weight is 407 g/mol. The van der Waals surface area contributed by atoms with Crippen LogP contribution in [0.25, 0.3) is 0 Å². The number of thiophene rings is 1. The number of likely N-dealkylation sites (tertiary alicyclic amines) is 1. The molecule has 0 amide bonds. The molecule has 0 unspecified atom stereocenters. The Balaban J connectivity index is 1.73. The zero-order chi connectivity index (χ0) is 19.3. The van der Waals surface area contributed by atoms with Crippen molar-refractivity contribution in [1.29, 1.82) is 0 Å². The van der Waals surface area contributed by atoms with Gasteiger partial charge in [0.15, 0.2) is 0 Å². The Kier molecular flexibility index (Phi) is 7.09. The van der Waals surface area contributed by atoms with Gasteiger partial charge in [0.05, 0.1) is 4.90 Å². The lowest BCUT2D eigenvalue weighted by Gasteiger charge is -2.30. The number of nitrogens with zero attached hydrogens (tertiary/aromatic N) is 1. The van der Waals surface area contributed by atoms with Crippen molar-refractivity contribution in [3.63, 3.8) is 0 Å². The monoisotopic (exact) mass is 406 g/mol. The largest absolute Gasteiger partial charge is 0.295 e. The summed E-state index contributed by atoms with van der Waals surface area (Å²) in [5.41, 5.74) is 2.36. The summed E-state index contributed by atoms with van der Waals surface area (Å²) in [5, 5.41) is 4.21. The van der Waals surface area contributed by atoms with Gasteiger partial charge in [0, 0.05) is 12.6 Å². The van der Waals surface area contributed by atoms with E-state index in [0.29, 0.717) is 17.4 Å². The second-order valence-corrected chi connectivity index (χ2v) is 10.1. The summed E-state index contributed by atoms with van der Waals surface area (Å²) < 4.78 is 28.5. The summed E-state index contributed by atoms with van der Waals surface area (Å²) in [6.07, 6.45) is 4.90. The van der Waals surface area contributed by atoms with Crippen LogP contribution in [0.3, 0.4) is 0 Å². The second-order valence-electron chi connectivity index (χ2n) is 7.60. The van der Waals surface area contributed by atoms with Crippen LogP contribution in [0.4, 0.5) is 0 Å². The van der Waals surface area contributed by atoms with E-state index in [1.54, 1.807) is 23.5 Å². The molecule has 1 saturated heterocycles. The van der Waals surface area contributed by atoms with E-state index < -0.39 is 10.0 Å². The Morgan fingerprint density at radius 3 is 2.22 bits per heavy atom. The fraction of sp³-hybridized carbons (Fsp3) is 0.524. The standard InChI is InChI=1S/C21H30N2O2S2/c1-17(2)18-7-9-20(10-8-18)27(24,25)22-15-21(19-11-14-26-16-19)23-12-5-3-4-6-13-23/h7-11,14,16-17,21-22H,3-6,12-13,15H2,1-2H3/t21-/m1/s1. The molecule has 3 rings (SSSR count). The minimum Gasteiger partial charge on any atom is -0.295 e. The molecule has 0 radical (unpaired) electrons. The minimum atomic E-state index is -3.51. The van der Waals surface area contributed by atoms with Gasteiger partial charge in [-0.3, -0.25) is 4.90 Å². The van der Waals surface area contributed by atoms with Crippen molar-refractivity contribution in [3.8, 4) is 0 Å². The van der Waals surface area contributed by atoms with Crippen molar-refractivity contribution < 1.29 is 8.42 Å². The van der Waals surface area contributed by atoms with Crippen molar-refractivity contribution in [3.05, 3.63) is 52.2 Å². The number of hydrogen-bond donors (Lipinski definition) is 1. The van der Waals surface area contributed by atoms with Gasteiger partial charge in [0.2, 0.25) is 10.0 Å². The lowest BCUT2D eigenvalue weighted by Crippen LogP contribution is -2.38. The Bertz CT molecular complexity index is 791. The lowest BCUT2D eigenvalue weighted by molar-refractivity contribution is 0.206. The first kappa shape index (κ1) is 20.5. The Labute approximate surface area is 167 Å². The molecule has 148 valence electrons. The van der Waals surface area contributed by atoms with E-state index >= 15 is 0 Å². The molecular formula is C21H30N2O2S2. The summed E-state index contributed by atoms with van der Waals surface area (Å²) in [7, 11) is -3.51. The maximum absolute atomic E-state index is 12.8. The molecular weight excluding hydrogens is 376 g/mol. The summed E-state index contributed by atoms with van der Waals surface area (Å²) in [6, 6.07) is 9.45. The van der Waals surface area contributed by atoms with Gasteiger partial charge >= 0.3 is 0 Å². The van der Waals surface area contributed by atoms with E-state index in [2.05, 4.69) is 40.3 Å². The quantitative estimate of drug-likeness (QED) is 0.721. The summed E-state index contributed by atoms with van der Waals surface area (Å²) in [5.74, 6) is 0.390. The van der Waals surface area contributed by atoms with E-state index in [4.69, 9.17) is 0 Å². The predicted octanol–water partition coefficient (Wildman–Crippen LogP) is 4.77. The van der Waals surface area contributed by atoms with E-state index in [-0.39, 0.29) is 6.04 Å². The van der Waals surface area contributed by atoms with Gasteiger partial charge in [-0.2, -0.15) is 11.3 Å². The molecule has 27 heavy (non-hydrogen) atoms. The van der Waals surface area contributed by atoms with Gasteiger partial charge in [-0.25, -0.2) is 13.1 Å². The number of sulfonamides is 1. The summed E-state index contributed by atoms with van der Waals surface area (Å²) in [4.78, 5) is 2.78. The van der Waals surface area contributed by atoms with Crippen LogP contribution in [0.1, 0.15) is 62.6 Å². The SMILES string of the molecule is CC(C)c1ccc(S(=O)(=O)NC[C@H](c2ccsc2)N2CCCCCC2)cc1. The average Bonchev–Trinajstić information content (AvgIpc) is 3.05. The van der Waals surface area contributed by atoms with Crippen molar-refractivity contribution in [2.45, 2.75) is 56.4 Å². The fourth-order valence-corrected chi connectivity index (χ4v) is 5.38. The Hall–Kier alpha value is -1.21. The minimum absolute atomic E-state index is 0.0964. The van der Waals surface area contributed by atoms with Gasteiger partial charge in [-0.1, -0.05) is 38.8 Å². The molecule has 0 aliphatic carbocycles. The Morgan fingerprint density at radius 1 is 1.00 bits per heavy atom. The molecule has 1 fully saturated rings. The number of nitrogens with one attached hydrogen (secondary N) is 1. The van der Waals surface area contributed by atoms with Gasteiger partial charge < -0.3 is 0 Å². The van der Waals surface area contributed by atoms with Crippen LogP contribution >= 0.6 is 11.3 Å². The molecule has 1 aromatic carbocycles. The molecule has 1 N–H and O–H groups in total. The number of benzene rings is 1. The first-order chi connectivity index (χ1) is 13.0. The van der Waals surface area contributed by atoms with Gasteiger partial charge in [-0.15, -0.1) is 0 Å². The van der Waals surface area contributed by atoms with Gasteiger partial charge in [0.25, 0.3) is 0 Å². The van der Waals surface area contributed by atoms with Crippen molar-refractivity contribution in [2.75, 3.05) is 19.6 Å². The van der Waals surface area contributed by atoms with Crippen LogP contribution in [0.2, 0.25) is 0 Å². The van der Waals surface area contributed by atoms with E-state index in [1.807, 2.05) is 12.1 Å². The molecule has 6 heteroatoms. The van der Waals surface area contributed by atoms with E-state index in [1.165, 1.54) is 31.2 Å². The molecule has 0 saturated carbocycles. The maximum atomic E-state index is 12.8. The summed E-state index contributed by atoms with van der Waals surface area (Å²) in [6.45, 7) is 6.68. The molecule has 0 bridgehead atoms. The number of hydrogen-bond acceptors (Lipinski definition) is 4. The lowest BCUT2D eigenvalue weighted by atomic mass is 10.0. The van der Waals surface area contributed by atoms with Crippen LogP contribution < -0.4 is 4.72 Å². The van der Waals surface area contributed by atoms with Crippen LogP contribution in [0, 0.1) is 0 Å². The van der Waals surface area contributed by atoms with Crippen molar-refractivity contribution in [1.82, 2.24) is 9.62 Å². The van der Waals surface area contributed by atoms with Gasteiger partial charge in [-0.05, 0) is 71.9 Å². The number of rotatable bonds is 7. The zero-order valence-corrected chi connectivity index (χ0v) is 17.9. The maximum Gasteiger partial charge on any atom is 0.240 e. The molecule has 2 aromatic rings. The normalized spacial score (nSPS) is 17.7. The molecule has 0 spiro atoms. The third-order valence-electron chi connectivity index (χ3n) is 5.33. The second kappa shape index (κ2) is 9.32. The Morgan fingerprint density at radius 2 is 1.67 bits per heavy atom. The van der Waals surface area contributed by atoms with Gasteiger partial charge in [0.1, 0.15) is 0 Å². The molecule has 1 aromatic heterocycles. The topological polar surface area (TPSA) is 49.4 Å². The predicted molar refractivity (Wildman–Crippen MR) is 113 cm³/mol. The third-order valence-corrected chi connectivity index (χ3v) is 7.47. The molecule has 1 atom stereocenters. The first-order valence-electron chi connectivity index (χ1n) is 9.83.